The Morgan fingerprint density at radius 1 is 1.30 bits per heavy atom. The zero-order valence-electron chi connectivity index (χ0n) is 16.2. The first kappa shape index (κ1) is 20.9. The minimum Gasteiger partial charge on any atom is -0.449 e. The Morgan fingerprint density at radius 2 is 2.04 bits per heavy atom. The van der Waals surface area contributed by atoms with Crippen LogP contribution < -0.4 is 10.6 Å². The molecule has 0 bridgehead atoms. The van der Waals surface area contributed by atoms with Crippen LogP contribution in [0.25, 0.3) is 0 Å². The molecule has 2 rings (SSSR count). The van der Waals surface area contributed by atoms with Crippen LogP contribution in [0.5, 0.6) is 0 Å². The van der Waals surface area contributed by atoms with Crippen LogP contribution >= 0.6 is 0 Å². The van der Waals surface area contributed by atoms with Crippen molar-refractivity contribution < 1.29 is 19.1 Å². The van der Waals surface area contributed by atoms with Crippen molar-refractivity contribution in [1.29, 1.82) is 0 Å². The van der Waals surface area contributed by atoms with Crippen molar-refractivity contribution >= 4 is 23.6 Å². The number of nitrogens with one attached hydrogen (secondary N) is 3. The summed E-state index contributed by atoms with van der Waals surface area (Å²) in [4.78, 5) is 36.9. The van der Waals surface area contributed by atoms with Crippen molar-refractivity contribution in [3.05, 3.63) is 12.3 Å². The lowest BCUT2D eigenvalue weighted by Gasteiger charge is -2.27. The van der Waals surface area contributed by atoms with Crippen LogP contribution in [0.3, 0.4) is 0 Å². The molecule has 0 aliphatic heterocycles. The van der Waals surface area contributed by atoms with E-state index in [-0.39, 0.29) is 5.41 Å². The molecule has 150 valence electrons. The smallest absolute Gasteiger partial charge is 0.407 e. The van der Waals surface area contributed by atoms with Crippen molar-refractivity contribution in [3.8, 4) is 0 Å². The molecule has 1 aliphatic carbocycles. The molecule has 1 fully saturated rings. The topological polar surface area (TPSA) is 113 Å². The van der Waals surface area contributed by atoms with Gasteiger partial charge < -0.3 is 15.4 Å². The number of anilines is 1. The number of amides is 2. The molecule has 0 saturated heterocycles. The largest absolute Gasteiger partial charge is 0.449 e. The Hall–Kier alpha value is -2.38. The van der Waals surface area contributed by atoms with Crippen LogP contribution in [0.15, 0.2) is 12.3 Å². The summed E-state index contributed by atoms with van der Waals surface area (Å²) < 4.78 is 5.42. The Morgan fingerprint density at radius 3 is 2.63 bits per heavy atom. The van der Waals surface area contributed by atoms with Gasteiger partial charge in [-0.05, 0) is 25.7 Å². The third-order valence-corrected chi connectivity index (χ3v) is 5.35. The first-order valence-electron chi connectivity index (χ1n) is 9.77. The molecule has 0 unspecified atom stereocenters. The fourth-order valence-corrected chi connectivity index (χ4v) is 3.47. The van der Waals surface area contributed by atoms with Gasteiger partial charge in [0.05, 0.1) is 12.8 Å². The number of Topliss-reactive ketones (excluding diaryl/α,β-unsaturated/α-hetero) is 1. The summed E-state index contributed by atoms with van der Waals surface area (Å²) in [6.45, 7) is 4.44. The van der Waals surface area contributed by atoms with E-state index in [0.717, 1.165) is 38.5 Å². The van der Waals surface area contributed by atoms with E-state index in [2.05, 4.69) is 27.8 Å². The number of unbranched alkanes of at least 4 members (excludes halogenated alkanes) is 1. The molecule has 2 amide bonds. The van der Waals surface area contributed by atoms with Gasteiger partial charge in [0.15, 0.2) is 0 Å². The van der Waals surface area contributed by atoms with Gasteiger partial charge in [-0.1, -0.05) is 39.5 Å². The summed E-state index contributed by atoms with van der Waals surface area (Å²) in [5.41, 5.74) is 0.0538. The summed E-state index contributed by atoms with van der Waals surface area (Å²) in [7, 11) is 0. The maximum Gasteiger partial charge on any atom is 0.407 e. The Bertz CT molecular complexity index is 624. The lowest BCUT2D eigenvalue weighted by Crippen LogP contribution is -2.46. The summed E-state index contributed by atoms with van der Waals surface area (Å²) in [5, 5.41) is 11.3. The Kier molecular flexibility index (Phi) is 7.82. The fourth-order valence-electron chi connectivity index (χ4n) is 3.47. The monoisotopic (exact) mass is 378 g/mol. The molecule has 3 N–H and O–H groups in total. The molecule has 27 heavy (non-hydrogen) atoms. The van der Waals surface area contributed by atoms with E-state index in [1.54, 1.807) is 6.07 Å². The Labute approximate surface area is 159 Å². The zero-order valence-corrected chi connectivity index (χ0v) is 16.2. The van der Waals surface area contributed by atoms with E-state index in [1.807, 2.05) is 6.92 Å². The first-order chi connectivity index (χ1) is 13.0. The second-order valence-corrected chi connectivity index (χ2v) is 7.26. The number of nitrogens with zero attached hydrogens (tertiary/aromatic N) is 1. The van der Waals surface area contributed by atoms with E-state index in [9.17, 15) is 14.4 Å². The van der Waals surface area contributed by atoms with Gasteiger partial charge in [-0.25, -0.2) is 4.79 Å². The minimum absolute atomic E-state index is 0.0538. The van der Waals surface area contributed by atoms with Crippen LogP contribution in [0.2, 0.25) is 0 Å². The van der Waals surface area contributed by atoms with Gasteiger partial charge in [0.2, 0.25) is 5.78 Å². The van der Waals surface area contributed by atoms with Gasteiger partial charge in [-0.2, -0.15) is 5.10 Å². The van der Waals surface area contributed by atoms with E-state index >= 15 is 0 Å². The second kappa shape index (κ2) is 10.1. The summed E-state index contributed by atoms with van der Waals surface area (Å²) >= 11 is 0. The van der Waals surface area contributed by atoms with Crippen molar-refractivity contribution in [3.63, 3.8) is 0 Å². The van der Waals surface area contributed by atoms with Gasteiger partial charge in [0.1, 0.15) is 11.9 Å². The minimum atomic E-state index is -0.901. The van der Waals surface area contributed by atoms with Gasteiger partial charge in [0.25, 0.3) is 5.91 Å². The van der Waals surface area contributed by atoms with Crippen LogP contribution in [-0.2, 0) is 14.3 Å². The maximum atomic E-state index is 12.5. The van der Waals surface area contributed by atoms with Gasteiger partial charge >= 0.3 is 6.09 Å². The van der Waals surface area contributed by atoms with Crippen LogP contribution in [-0.4, -0.2) is 40.6 Å². The standard InChI is InChI=1S/C19H30N4O4/c1-3-5-8-14(16(24)17(25)22-15-9-12-20-23-15)21-18(26)27-13-19(4-2)10-6-7-11-19/h9,12,14H,3-8,10-11,13H2,1-2H3,(H,21,26)(H2,20,22,23,25)/t14-/m0/s1. The highest BCUT2D eigenvalue weighted by Gasteiger charge is 2.34. The third kappa shape index (κ3) is 6.08. The lowest BCUT2D eigenvalue weighted by molar-refractivity contribution is -0.136. The van der Waals surface area contributed by atoms with Crippen molar-refractivity contribution in [1.82, 2.24) is 15.5 Å². The van der Waals surface area contributed by atoms with Crippen molar-refractivity contribution in [2.75, 3.05) is 11.9 Å². The second-order valence-electron chi connectivity index (χ2n) is 7.26. The predicted molar refractivity (Wildman–Crippen MR) is 101 cm³/mol. The molecule has 0 aromatic carbocycles. The molecule has 1 aromatic heterocycles. The van der Waals surface area contributed by atoms with E-state index in [4.69, 9.17) is 4.74 Å². The van der Waals surface area contributed by atoms with Crippen molar-refractivity contribution in [2.24, 2.45) is 5.41 Å². The number of carbonyl (C=O) groups excluding carboxylic acids is 3. The Balaban J connectivity index is 1.90. The number of aromatic nitrogens is 2. The van der Waals surface area contributed by atoms with E-state index in [1.165, 1.54) is 6.20 Å². The fraction of sp³-hybridized carbons (Fsp3) is 0.684. The number of ketones is 1. The van der Waals surface area contributed by atoms with Gasteiger partial charge in [-0.3, -0.25) is 14.7 Å². The predicted octanol–water partition coefficient (Wildman–Crippen LogP) is 3.17. The highest BCUT2D eigenvalue weighted by molar-refractivity contribution is 6.42. The van der Waals surface area contributed by atoms with Gasteiger partial charge in [0, 0.05) is 11.5 Å². The molecule has 0 spiro atoms. The summed E-state index contributed by atoms with van der Waals surface area (Å²) in [5.74, 6) is -1.15. The number of alkyl carbamates (subject to hydrolysis) is 1. The van der Waals surface area contributed by atoms with Crippen LogP contribution in [0.4, 0.5) is 10.6 Å². The van der Waals surface area contributed by atoms with Crippen molar-refractivity contribution in [2.45, 2.75) is 71.3 Å². The molecule has 1 aliphatic rings. The third-order valence-electron chi connectivity index (χ3n) is 5.35. The average molecular weight is 378 g/mol. The molecule has 1 atom stereocenters. The average Bonchev–Trinajstić information content (AvgIpc) is 3.35. The molecule has 1 aromatic rings. The number of H-pyrrole nitrogens is 1. The highest BCUT2D eigenvalue weighted by Crippen LogP contribution is 2.41. The number of aromatic amines is 1. The van der Waals surface area contributed by atoms with Crippen LogP contribution in [0, 0.1) is 5.41 Å². The molecule has 0 radical (unpaired) electrons. The quantitative estimate of drug-likeness (QED) is 0.541. The molecule has 8 nitrogen and oxygen atoms in total. The molecule has 8 heteroatoms. The lowest BCUT2D eigenvalue weighted by atomic mass is 9.84. The molecule has 1 heterocycles. The maximum absolute atomic E-state index is 12.5. The summed E-state index contributed by atoms with van der Waals surface area (Å²) in [6.07, 6.45) is 8.17. The van der Waals surface area contributed by atoms with Gasteiger partial charge in [-0.15, -0.1) is 0 Å². The number of ether oxygens (including phenoxy) is 1. The molecule has 1 saturated carbocycles. The molecular formula is C19H30N4O4. The highest BCUT2D eigenvalue weighted by atomic mass is 16.5. The first-order valence-corrected chi connectivity index (χ1v) is 9.77. The summed E-state index contributed by atoms with van der Waals surface area (Å²) in [6, 6.07) is 0.640. The van der Waals surface area contributed by atoms with Crippen LogP contribution in [0.1, 0.15) is 65.2 Å². The normalized spacial score (nSPS) is 16.5. The number of rotatable bonds is 10. The SMILES string of the molecule is CCCC[C@H](NC(=O)OCC1(CC)CCCC1)C(=O)C(=O)Nc1ccn[nH]1. The zero-order chi connectivity index (χ0) is 19.7. The van der Waals surface area contributed by atoms with E-state index in [0.29, 0.717) is 25.3 Å². The number of carbonyl (C=O) groups is 3. The number of hydrogen-bond acceptors (Lipinski definition) is 5. The molecular weight excluding hydrogens is 348 g/mol. The van der Waals surface area contributed by atoms with E-state index < -0.39 is 23.8 Å². The number of hydrogen-bond donors (Lipinski definition) is 3.